The largest absolute Gasteiger partial charge is 0.348 e. The van der Waals surface area contributed by atoms with Gasteiger partial charge in [0.05, 0.1) is 5.69 Å². The van der Waals surface area contributed by atoms with Crippen LogP contribution in [0.2, 0.25) is 0 Å². The van der Waals surface area contributed by atoms with E-state index in [-0.39, 0.29) is 12.2 Å². The number of rotatable bonds is 3. The zero-order valence-electron chi connectivity index (χ0n) is 12.4. The lowest BCUT2D eigenvalue weighted by atomic mass is 10.3. The SMILES string of the molecule is Cc1ccc(-c2noc(Cn3c(C)cc(C)nc3=O)n2)nn1. The van der Waals surface area contributed by atoms with Gasteiger partial charge in [0, 0.05) is 11.4 Å². The molecule has 0 atom stereocenters. The van der Waals surface area contributed by atoms with Gasteiger partial charge >= 0.3 is 5.69 Å². The second kappa shape index (κ2) is 5.47. The third-order valence-corrected chi connectivity index (χ3v) is 3.13. The monoisotopic (exact) mass is 298 g/mol. The molecule has 3 heterocycles. The van der Waals surface area contributed by atoms with E-state index in [2.05, 4.69) is 25.3 Å². The van der Waals surface area contributed by atoms with Crippen molar-refractivity contribution in [3.63, 3.8) is 0 Å². The minimum absolute atomic E-state index is 0.171. The molecule has 8 heteroatoms. The van der Waals surface area contributed by atoms with Crippen molar-refractivity contribution in [2.45, 2.75) is 27.3 Å². The second-order valence-corrected chi connectivity index (χ2v) is 4.98. The zero-order valence-corrected chi connectivity index (χ0v) is 12.4. The first-order valence-corrected chi connectivity index (χ1v) is 6.71. The molecule has 0 radical (unpaired) electrons. The molecule has 0 fully saturated rings. The fraction of sp³-hybridized carbons (Fsp3) is 0.286. The topological polar surface area (TPSA) is 99.6 Å². The average molecular weight is 298 g/mol. The number of aromatic nitrogens is 6. The molecule has 0 saturated carbocycles. The van der Waals surface area contributed by atoms with E-state index in [0.29, 0.717) is 23.1 Å². The molecular formula is C14H14N6O2. The van der Waals surface area contributed by atoms with Crippen LogP contribution in [0.1, 0.15) is 23.0 Å². The smallest absolute Gasteiger partial charge is 0.337 e. The summed E-state index contributed by atoms with van der Waals surface area (Å²) in [7, 11) is 0. The first-order chi connectivity index (χ1) is 10.5. The van der Waals surface area contributed by atoms with Crippen LogP contribution < -0.4 is 5.69 Å². The minimum atomic E-state index is -0.340. The molecule has 3 aromatic rings. The fourth-order valence-corrected chi connectivity index (χ4v) is 2.04. The third kappa shape index (κ3) is 2.76. The number of nitrogens with zero attached hydrogens (tertiary/aromatic N) is 6. The lowest BCUT2D eigenvalue weighted by molar-refractivity contribution is 0.367. The maximum atomic E-state index is 11.9. The number of hydrogen-bond donors (Lipinski definition) is 0. The van der Waals surface area contributed by atoms with Gasteiger partial charge in [0.1, 0.15) is 12.2 Å². The Morgan fingerprint density at radius 2 is 1.91 bits per heavy atom. The Labute approximate surface area is 125 Å². The van der Waals surface area contributed by atoms with Crippen LogP contribution in [-0.2, 0) is 6.54 Å². The number of hydrogen-bond acceptors (Lipinski definition) is 7. The molecule has 0 aromatic carbocycles. The van der Waals surface area contributed by atoms with Gasteiger partial charge in [-0.05, 0) is 39.0 Å². The van der Waals surface area contributed by atoms with Crippen molar-refractivity contribution >= 4 is 0 Å². The molecule has 112 valence electrons. The average Bonchev–Trinajstić information content (AvgIpc) is 2.92. The molecule has 0 aliphatic carbocycles. The van der Waals surface area contributed by atoms with Crippen LogP contribution in [0.4, 0.5) is 0 Å². The molecule has 0 N–H and O–H groups in total. The Kier molecular flexibility index (Phi) is 3.50. The van der Waals surface area contributed by atoms with Crippen molar-refractivity contribution in [1.29, 1.82) is 0 Å². The summed E-state index contributed by atoms with van der Waals surface area (Å²) in [4.78, 5) is 20.1. The second-order valence-electron chi connectivity index (χ2n) is 4.98. The summed E-state index contributed by atoms with van der Waals surface area (Å²) in [5, 5.41) is 11.8. The van der Waals surface area contributed by atoms with Crippen LogP contribution in [0.15, 0.2) is 27.5 Å². The predicted molar refractivity (Wildman–Crippen MR) is 77.1 cm³/mol. The lowest BCUT2D eigenvalue weighted by Gasteiger charge is -2.06. The van der Waals surface area contributed by atoms with Gasteiger partial charge in [0.15, 0.2) is 0 Å². The van der Waals surface area contributed by atoms with E-state index in [1.807, 2.05) is 26.0 Å². The standard InChI is InChI=1S/C14H14N6O2/c1-8-4-5-11(18-17-8)13-16-12(22-19-13)7-20-10(3)6-9(2)15-14(20)21/h4-6H,7H2,1-3H3. The summed E-state index contributed by atoms with van der Waals surface area (Å²) in [6.45, 7) is 5.63. The molecule has 0 spiro atoms. The summed E-state index contributed by atoms with van der Waals surface area (Å²) in [6, 6.07) is 5.41. The Bertz CT molecular complexity index is 866. The maximum Gasteiger partial charge on any atom is 0.348 e. The highest BCUT2D eigenvalue weighted by Crippen LogP contribution is 2.12. The Morgan fingerprint density at radius 1 is 1.09 bits per heavy atom. The minimum Gasteiger partial charge on any atom is -0.337 e. The Hall–Kier alpha value is -2.90. The van der Waals surface area contributed by atoms with Gasteiger partial charge in [-0.25, -0.2) is 4.79 Å². The molecule has 3 aromatic heterocycles. The van der Waals surface area contributed by atoms with E-state index in [0.717, 1.165) is 11.4 Å². The van der Waals surface area contributed by atoms with Crippen molar-refractivity contribution in [1.82, 2.24) is 29.9 Å². The first-order valence-electron chi connectivity index (χ1n) is 6.71. The normalized spacial score (nSPS) is 10.9. The van der Waals surface area contributed by atoms with Gasteiger partial charge in [0.2, 0.25) is 11.7 Å². The highest BCUT2D eigenvalue weighted by atomic mass is 16.5. The molecule has 0 unspecified atom stereocenters. The van der Waals surface area contributed by atoms with Crippen molar-refractivity contribution in [3.05, 3.63) is 51.7 Å². The van der Waals surface area contributed by atoms with Gasteiger partial charge in [0.25, 0.3) is 0 Å². The van der Waals surface area contributed by atoms with Crippen LogP contribution in [-0.4, -0.2) is 29.9 Å². The van der Waals surface area contributed by atoms with Crippen LogP contribution >= 0.6 is 0 Å². The highest BCUT2D eigenvalue weighted by molar-refractivity contribution is 5.46. The molecule has 0 saturated heterocycles. The van der Waals surface area contributed by atoms with Crippen molar-refractivity contribution in [2.24, 2.45) is 0 Å². The summed E-state index contributed by atoms with van der Waals surface area (Å²) < 4.78 is 6.65. The predicted octanol–water partition coefficient (Wildman–Crippen LogP) is 1.06. The van der Waals surface area contributed by atoms with Gasteiger partial charge < -0.3 is 4.52 Å². The molecule has 0 amide bonds. The molecule has 3 rings (SSSR count). The van der Waals surface area contributed by atoms with E-state index in [1.54, 1.807) is 13.0 Å². The summed E-state index contributed by atoms with van der Waals surface area (Å²) >= 11 is 0. The van der Waals surface area contributed by atoms with E-state index in [4.69, 9.17) is 4.52 Å². The van der Waals surface area contributed by atoms with E-state index < -0.39 is 0 Å². The quantitative estimate of drug-likeness (QED) is 0.712. The summed E-state index contributed by atoms with van der Waals surface area (Å²) in [5.41, 5.74) is 2.45. The van der Waals surface area contributed by atoms with E-state index in [1.165, 1.54) is 4.57 Å². The molecular weight excluding hydrogens is 284 g/mol. The van der Waals surface area contributed by atoms with Crippen LogP contribution in [0.5, 0.6) is 0 Å². The van der Waals surface area contributed by atoms with Crippen molar-refractivity contribution in [3.8, 4) is 11.5 Å². The zero-order chi connectivity index (χ0) is 15.7. The van der Waals surface area contributed by atoms with Crippen LogP contribution in [0.25, 0.3) is 11.5 Å². The molecule has 8 nitrogen and oxygen atoms in total. The van der Waals surface area contributed by atoms with Gasteiger partial charge in [-0.1, -0.05) is 5.16 Å². The Morgan fingerprint density at radius 3 is 2.59 bits per heavy atom. The van der Waals surface area contributed by atoms with Crippen molar-refractivity contribution < 1.29 is 4.52 Å². The van der Waals surface area contributed by atoms with Gasteiger partial charge in [-0.15, -0.1) is 5.10 Å². The van der Waals surface area contributed by atoms with Crippen LogP contribution in [0, 0.1) is 20.8 Å². The maximum absolute atomic E-state index is 11.9. The molecule has 0 bridgehead atoms. The molecule has 0 aliphatic rings. The Balaban J connectivity index is 1.89. The summed E-state index contributed by atoms with van der Waals surface area (Å²) in [6.07, 6.45) is 0. The van der Waals surface area contributed by atoms with E-state index in [9.17, 15) is 4.79 Å². The summed E-state index contributed by atoms with van der Waals surface area (Å²) in [5.74, 6) is 0.654. The molecule has 0 aliphatic heterocycles. The van der Waals surface area contributed by atoms with Gasteiger partial charge in [-0.3, -0.25) is 4.57 Å². The van der Waals surface area contributed by atoms with E-state index >= 15 is 0 Å². The number of aryl methyl sites for hydroxylation is 3. The lowest BCUT2D eigenvalue weighted by Crippen LogP contribution is -2.26. The molecule has 22 heavy (non-hydrogen) atoms. The van der Waals surface area contributed by atoms with Gasteiger partial charge in [-0.2, -0.15) is 15.1 Å². The van der Waals surface area contributed by atoms with Crippen LogP contribution in [0.3, 0.4) is 0 Å². The first kappa shape index (κ1) is 14.1. The third-order valence-electron chi connectivity index (χ3n) is 3.13. The fourth-order valence-electron chi connectivity index (χ4n) is 2.04. The van der Waals surface area contributed by atoms with Crippen molar-refractivity contribution in [2.75, 3.05) is 0 Å². The highest BCUT2D eigenvalue weighted by Gasteiger charge is 2.12.